The average molecular weight is 260 g/mol. The molecule has 0 aliphatic heterocycles. The van der Waals surface area contributed by atoms with Crippen LogP contribution in [0.1, 0.15) is 19.8 Å². The van der Waals surface area contributed by atoms with E-state index in [9.17, 15) is 4.79 Å². The lowest BCUT2D eigenvalue weighted by molar-refractivity contribution is -0.138. The van der Waals surface area contributed by atoms with Crippen LogP contribution in [0.4, 0.5) is 5.95 Å². The first kappa shape index (κ1) is 13.2. The molecule has 1 aromatic heterocycles. The first-order valence-electron chi connectivity index (χ1n) is 6.24. The van der Waals surface area contributed by atoms with E-state index in [1.807, 2.05) is 31.2 Å². The summed E-state index contributed by atoms with van der Waals surface area (Å²) >= 11 is 0. The van der Waals surface area contributed by atoms with Crippen LogP contribution < -0.4 is 5.32 Å². The fourth-order valence-electron chi connectivity index (χ4n) is 1.80. The molecule has 1 atom stereocenters. The van der Waals surface area contributed by atoms with Crippen molar-refractivity contribution in [2.75, 3.05) is 11.9 Å². The number of carbonyl (C=O) groups is 1. The number of aromatic nitrogens is 3. The van der Waals surface area contributed by atoms with Gasteiger partial charge in [0.2, 0.25) is 5.95 Å². The molecule has 0 radical (unpaired) electrons. The highest BCUT2D eigenvalue weighted by atomic mass is 16.4. The number of rotatable bonds is 6. The van der Waals surface area contributed by atoms with Crippen LogP contribution in [0.2, 0.25) is 0 Å². The smallest absolute Gasteiger partial charge is 0.303 e. The first-order chi connectivity index (χ1) is 9.19. The minimum absolute atomic E-state index is 0.0626. The van der Waals surface area contributed by atoms with Crippen molar-refractivity contribution in [2.45, 2.75) is 19.8 Å². The second-order valence-corrected chi connectivity index (χ2v) is 4.38. The maximum atomic E-state index is 10.7. The third kappa shape index (κ3) is 3.61. The number of carboxylic acids is 1. The molecule has 1 aromatic carbocycles. The molecule has 0 bridgehead atoms. The number of hydrogen-bond donors (Lipinski definition) is 2. The van der Waals surface area contributed by atoms with E-state index in [1.165, 1.54) is 0 Å². The number of anilines is 1. The topological polar surface area (TPSA) is 88.0 Å². The van der Waals surface area contributed by atoms with Gasteiger partial charge in [-0.05, 0) is 18.1 Å². The van der Waals surface area contributed by atoms with E-state index in [-0.39, 0.29) is 12.3 Å². The molecule has 0 fully saturated rings. The molecule has 6 heteroatoms. The van der Waals surface area contributed by atoms with Crippen LogP contribution in [-0.4, -0.2) is 32.8 Å². The van der Waals surface area contributed by atoms with E-state index in [0.717, 1.165) is 17.5 Å². The van der Waals surface area contributed by atoms with Crippen molar-refractivity contribution in [1.29, 1.82) is 0 Å². The number of benzene rings is 1. The lowest BCUT2D eigenvalue weighted by Crippen LogP contribution is -2.18. The molecule has 19 heavy (non-hydrogen) atoms. The molecule has 2 rings (SSSR count). The van der Waals surface area contributed by atoms with Gasteiger partial charge in [-0.3, -0.25) is 4.79 Å². The number of fused-ring (bicyclic) bond motifs is 1. The summed E-state index contributed by atoms with van der Waals surface area (Å²) in [5.41, 5.74) is 1.51. The molecule has 0 aliphatic carbocycles. The van der Waals surface area contributed by atoms with Crippen LogP contribution in [0, 0.1) is 5.92 Å². The normalized spacial score (nSPS) is 12.3. The first-order valence-corrected chi connectivity index (χ1v) is 6.24. The van der Waals surface area contributed by atoms with E-state index >= 15 is 0 Å². The standard InChI is InChI=1S/C13H16N4O2/c1-2-9(7-12(18)19)8-14-13-15-10-5-3-4-6-11(10)16-17-13/h3-6,9H,2,7-8H2,1H3,(H,18,19)(H,14,15,17). The second kappa shape index (κ2) is 6.08. The predicted octanol–water partition coefficient (Wildman–Crippen LogP) is 1.94. The molecule has 0 saturated heterocycles. The summed E-state index contributed by atoms with van der Waals surface area (Å²) in [6, 6.07) is 7.48. The Balaban J connectivity index is 2.02. The maximum Gasteiger partial charge on any atom is 0.303 e. The summed E-state index contributed by atoms with van der Waals surface area (Å²) in [6.07, 6.45) is 0.935. The van der Waals surface area contributed by atoms with Gasteiger partial charge in [-0.1, -0.05) is 25.5 Å². The molecule has 0 saturated carbocycles. The van der Waals surface area contributed by atoms with E-state index < -0.39 is 5.97 Å². The van der Waals surface area contributed by atoms with Gasteiger partial charge in [-0.2, -0.15) is 0 Å². The Labute approximate surface area is 110 Å². The predicted molar refractivity (Wildman–Crippen MR) is 71.9 cm³/mol. The third-order valence-electron chi connectivity index (χ3n) is 2.95. The third-order valence-corrected chi connectivity index (χ3v) is 2.95. The molecule has 1 unspecified atom stereocenters. The van der Waals surface area contributed by atoms with Gasteiger partial charge >= 0.3 is 5.97 Å². The van der Waals surface area contributed by atoms with Crippen LogP contribution in [0.15, 0.2) is 24.3 Å². The van der Waals surface area contributed by atoms with E-state index in [0.29, 0.717) is 12.5 Å². The minimum atomic E-state index is -0.786. The number of carboxylic acid groups (broad SMARTS) is 1. The molecule has 100 valence electrons. The molecule has 1 heterocycles. The monoisotopic (exact) mass is 260 g/mol. The number of aliphatic carboxylic acids is 1. The summed E-state index contributed by atoms with van der Waals surface area (Å²) in [5, 5.41) is 19.9. The van der Waals surface area contributed by atoms with Crippen molar-refractivity contribution >= 4 is 23.0 Å². The van der Waals surface area contributed by atoms with Gasteiger partial charge in [-0.25, -0.2) is 4.98 Å². The quantitative estimate of drug-likeness (QED) is 0.825. The lowest BCUT2D eigenvalue weighted by atomic mass is 10.0. The van der Waals surface area contributed by atoms with Crippen LogP contribution >= 0.6 is 0 Å². The van der Waals surface area contributed by atoms with Crippen molar-refractivity contribution in [1.82, 2.24) is 15.2 Å². The zero-order valence-electron chi connectivity index (χ0n) is 10.7. The second-order valence-electron chi connectivity index (χ2n) is 4.38. The van der Waals surface area contributed by atoms with Crippen molar-refractivity contribution in [2.24, 2.45) is 5.92 Å². The molecule has 6 nitrogen and oxygen atoms in total. The van der Waals surface area contributed by atoms with Gasteiger partial charge in [0.05, 0.1) is 5.52 Å². The average Bonchev–Trinajstić information content (AvgIpc) is 2.42. The Morgan fingerprint density at radius 1 is 1.32 bits per heavy atom. The van der Waals surface area contributed by atoms with Gasteiger partial charge in [0.25, 0.3) is 0 Å². The zero-order chi connectivity index (χ0) is 13.7. The molecular formula is C13H16N4O2. The van der Waals surface area contributed by atoms with Crippen LogP contribution in [-0.2, 0) is 4.79 Å². The van der Waals surface area contributed by atoms with Gasteiger partial charge in [-0.15, -0.1) is 10.2 Å². The minimum Gasteiger partial charge on any atom is -0.481 e. The Kier molecular flexibility index (Phi) is 4.22. The molecule has 0 aliphatic rings. The zero-order valence-corrected chi connectivity index (χ0v) is 10.7. The lowest BCUT2D eigenvalue weighted by Gasteiger charge is -2.12. The summed E-state index contributed by atoms with van der Waals surface area (Å²) in [5.74, 6) is -0.290. The van der Waals surface area contributed by atoms with Gasteiger partial charge in [0.15, 0.2) is 0 Å². The van der Waals surface area contributed by atoms with Crippen molar-refractivity contribution in [3.05, 3.63) is 24.3 Å². The fourth-order valence-corrected chi connectivity index (χ4v) is 1.80. The number of nitrogens with one attached hydrogen (secondary N) is 1. The highest BCUT2D eigenvalue weighted by Gasteiger charge is 2.11. The van der Waals surface area contributed by atoms with Crippen molar-refractivity contribution in [3.63, 3.8) is 0 Å². The Hall–Kier alpha value is -2.24. The van der Waals surface area contributed by atoms with E-state index in [2.05, 4.69) is 20.5 Å². The Bertz CT molecular complexity index is 573. The molecule has 0 amide bonds. The van der Waals surface area contributed by atoms with Crippen molar-refractivity contribution in [3.8, 4) is 0 Å². The maximum absolute atomic E-state index is 10.7. The summed E-state index contributed by atoms with van der Waals surface area (Å²) in [7, 11) is 0. The van der Waals surface area contributed by atoms with Gasteiger partial charge in [0.1, 0.15) is 5.52 Å². The van der Waals surface area contributed by atoms with Gasteiger partial charge in [0, 0.05) is 13.0 Å². The van der Waals surface area contributed by atoms with E-state index in [1.54, 1.807) is 0 Å². The molecular weight excluding hydrogens is 244 g/mol. The fraction of sp³-hybridized carbons (Fsp3) is 0.385. The Morgan fingerprint density at radius 2 is 2.05 bits per heavy atom. The highest BCUT2D eigenvalue weighted by molar-refractivity contribution is 5.74. The SMILES string of the molecule is CCC(CNc1nnc2ccccc2n1)CC(=O)O. The number of hydrogen-bond acceptors (Lipinski definition) is 5. The summed E-state index contributed by atoms with van der Waals surface area (Å²) < 4.78 is 0. The van der Waals surface area contributed by atoms with Crippen LogP contribution in [0.5, 0.6) is 0 Å². The van der Waals surface area contributed by atoms with Crippen molar-refractivity contribution < 1.29 is 9.90 Å². The number of para-hydroxylation sites is 1. The van der Waals surface area contributed by atoms with E-state index in [4.69, 9.17) is 5.11 Å². The summed E-state index contributed by atoms with van der Waals surface area (Å²) in [6.45, 7) is 2.50. The Morgan fingerprint density at radius 3 is 2.74 bits per heavy atom. The van der Waals surface area contributed by atoms with Crippen LogP contribution in [0.25, 0.3) is 11.0 Å². The number of nitrogens with zero attached hydrogens (tertiary/aromatic N) is 3. The van der Waals surface area contributed by atoms with Crippen LogP contribution in [0.3, 0.4) is 0 Å². The molecule has 2 N–H and O–H groups in total. The highest BCUT2D eigenvalue weighted by Crippen LogP contribution is 2.11. The molecule has 0 spiro atoms. The molecule has 2 aromatic rings. The largest absolute Gasteiger partial charge is 0.481 e. The van der Waals surface area contributed by atoms with Gasteiger partial charge < -0.3 is 10.4 Å². The summed E-state index contributed by atoms with van der Waals surface area (Å²) in [4.78, 5) is 15.0.